The van der Waals surface area contributed by atoms with Gasteiger partial charge in [0, 0.05) is 5.56 Å². The van der Waals surface area contributed by atoms with E-state index in [1.165, 1.54) is 12.1 Å². The van der Waals surface area contributed by atoms with Gasteiger partial charge in [0.1, 0.15) is 11.4 Å². The molecule has 4 nitrogen and oxygen atoms in total. The lowest BCUT2D eigenvalue weighted by Crippen LogP contribution is -2.19. The van der Waals surface area contributed by atoms with Crippen LogP contribution in [-0.4, -0.2) is 17.3 Å². The fourth-order valence-electron chi connectivity index (χ4n) is 1.90. The maximum absolute atomic E-state index is 12.8. The van der Waals surface area contributed by atoms with Crippen molar-refractivity contribution < 1.29 is 35.9 Å². The topological polar surface area (TPSA) is 65.2 Å². The Balaban J connectivity index is 2.69. The number of benzene rings is 1. The number of carbonyl (C=O) groups excluding carboxylic acids is 1. The van der Waals surface area contributed by atoms with E-state index in [0.717, 1.165) is 18.2 Å². The van der Waals surface area contributed by atoms with Gasteiger partial charge < -0.3 is 10.5 Å². The number of carbonyl (C=O) groups is 1. The summed E-state index contributed by atoms with van der Waals surface area (Å²) in [4.78, 5) is 14.6. The van der Waals surface area contributed by atoms with E-state index in [0.29, 0.717) is 6.07 Å². The molecule has 1 heterocycles. The summed E-state index contributed by atoms with van der Waals surface area (Å²) in [6.45, 7) is 0. The summed E-state index contributed by atoms with van der Waals surface area (Å²) in [6.07, 6.45) is -9.94. The lowest BCUT2D eigenvalue weighted by molar-refractivity contribution is -0.274. The van der Waals surface area contributed by atoms with E-state index in [9.17, 15) is 31.1 Å². The molecular formula is C14H8F6N2O2. The van der Waals surface area contributed by atoms with Crippen LogP contribution >= 0.6 is 0 Å². The van der Waals surface area contributed by atoms with Gasteiger partial charge in [-0.05, 0) is 24.3 Å². The second-order valence-corrected chi connectivity index (χ2v) is 4.50. The molecule has 1 amide bonds. The third-order valence-corrected chi connectivity index (χ3v) is 2.82. The third kappa shape index (κ3) is 3.94. The van der Waals surface area contributed by atoms with E-state index in [1.54, 1.807) is 0 Å². The Hall–Kier alpha value is -2.78. The maximum atomic E-state index is 12.8. The lowest BCUT2D eigenvalue weighted by Gasteiger charge is -2.15. The maximum Gasteiger partial charge on any atom is 0.573 e. The number of alkyl halides is 6. The minimum Gasteiger partial charge on any atom is -0.405 e. The number of primary amides is 1. The van der Waals surface area contributed by atoms with Crippen molar-refractivity contribution in [3.05, 3.63) is 47.7 Å². The number of ether oxygens (including phenoxy) is 1. The van der Waals surface area contributed by atoms with Crippen molar-refractivity contribution in [1.82, 2.24) is 4.98 Å². The molecule has 2 N–H and O–H groups in total. The second kappa shape index (κ2) is 6.02. The molecule has 24 heavy (non-hydrogen) atoms. The molecule has 0 saturated carbocycles. The van der Waals surface area contributed by atoms with Crippen LogP contribution < -0.4 is 10.5 Å². The Morgan fingerprint density at radius 3 is 2.17 bits per heavy atom. The van der Waals surface area contributed by atoms with E-state index < -0.39 is 46.7 Å². The highest BCUT2D eigenvalue weighted by Crippen LogP contribution is 2.36. The van der Waals surface area contributed by atoms with Crippen LogP contribution in [0.3, 0.4) is 0 Å². The number of nitrogens with zero attached hydrogens (tertiary/aromatic N) is 1. The summed E-state index contributed by atoms with van der Waals surface area (Å²) in [6, 6.07) is 5.62. The summed E-state index contributed by atoms with van der Waals surface area (Å²) < 4.78 is 79.5. The average molecular weight is 350 g/mol. The molecule has 1 aromatic heterocycles. The Bertz CT molecular complexity index is 771. The Labute approximate surface area is 130 Å². The van der Waals surface area contributed by atoms with Gasteiger partial charge in [0.05, 0.1) is 11.3 Å². The van der Waals surface area contributed by atoms with E-state index in [-0.39, 0.29) is 0 Å². The zero-order chi connectivity index (χ0) is 18.1. The largest absolute Gasteiger partial charge is 0.573 e. The number of aromatic nitrogens is 1. The van der Waals surface area contributed by atoms with Gasteiger partial charge in [0.25, 0.3) is 5.91 Å². The van der Waals surface area contributed by atoms with Gasteiger partial charge in [-0.3, -0.25) is 4.79 Å². The molecule has 128 valence electrons. The van der Waals surface area contributed by atoms with E-state index in [1.807, 2.05) is 0 Å². The van der Waals surface area contributed by atoms with Gasteiger partial charge in [0.15, 0.2) is 0 Å². The van der Waals surface area contributed by atoms with E-state index in [2.05, 4.69) is 9.72 Å². The highest BCUT2D eigenvalue weighted by Gasteiger charge is 2.35. The normalized spacial score (nSPS) is 12.1. The summed E-state index contributed by atoms with van der Waals surface area (Å²) in [7, 11) is 0. The van der Waals surface area contributed by atoms with Gasteiger partial charge in [-0.25, -0.2) is 4.98 Å². The van der Waals surface area contributed by atoms with Crippen molar-refractivity contribution in [2.24, 2.45) is 5.73 Å². The molecule has 0 aliphatic carbocycles. The first-order chi connectivity index (χ1) is 11.0. The zero-order valence-corrected chi connectivity index (χ0v) is 11.6. The Morgan fingerprint density at radius 1 is 1.00 bits per heavy atom. The third-order valence-electron chi connectivity index (χ3n) is 2.82. The van der Waals surface area contributed by atoms with Crippen LogP contribution in [0.1, 0.15) is 16.1 Å². The highest BCUT2D eigenvalue weighted by atomic mass is 19.4. The van der Waals surface area contributed by atoms with Crippen molar-refractivity contribution in [2.75, 3.05) is 0 Å². The monoisotopic (exact) mass is 350 g/mol. The average Bonchev–Trinajstić information content (AvgIpc) is 2.44. The number of hydrogen-bond acceptors (Lipinski definition) is 3. The molecular weight excluding hydrogens is 342 g/mol. The SMILES string of the molecule is NC(=O)c1ccc(C(F)(F)F)nc1-c1ccccc1OC(F)(F)F. The van der Waals surface area contributed by atoms with Crippen LogP contribution in [-0.2, 0) is 6.18 Å². The van der Waals surface area contributed by atoms with Crippen LogP contribution in [0.2, 0.25) is 0 Å². The van der Waals surface area contributed by atoms with Crippen LogP contribution in [0.4, 0.5) is 26.3 Å². The number of halogens is 6. The summed E-state index contributed by atoms with van der Waals surface area (Å²) in [5.41, 5.74) is 2.10. The van der Waals surface area contributed by atoms with Crippen LogP contribution in [0, 0.1) is 0 Å². The minimum absolute atomic E-state index is 0.449. The first kappa shape index (κ1) is 17.6. The van der Waals surface area contributed by atoms with Gasteiger partial charge in [0.2, 0.25) is 0 Å². The molecule has 10 heteroatoms. The molecule has 0 aliphatic heterocycles. The predicted octanol–water partition coefficient (Wildman–Crippen LogP) is 3.76. The lowest BCUT2D eigenvalue weighted by atomic mass is 10.0. The molecule has 0 radical (unpaired) electrons. The molecule has 0 unspecified atom stereocenters. The van der Waals surface area contributed by atoms with Crippen molar-refractivity contribution >= 4 is 5.91 Å². The zero-order valence-electron chi connectivity index (χ0n) is 11.6. The first-order valence-corrected chi connectivity index (χ1v) is 6.22. The quantitative estimate of drug-likeness (QED) is 0.857. The molecule has 0 bridgehead atoms. The van der Waals surface area contributed by atoms with Crippen LogP contribution in [0.5, 0.6) is 5.75 Å². The first-order valence-electron chi connectivity index (χ1n) is 6.22. The van der Waals surface area contributed by atoms with Crippen LogP contribution in [0.25, 0.3) is 11.3 Å². The molecule has 0 aliphatic rings. The van der Waals surface area contributed by atoms with Gasteiger partial charge in [-0.1, -0.05) is 12.1 Å². The molecule has 2 rings (SSSR count). The predicted molar refractivity (Wildman–Crippen MR) is 69.9 cm³/mol. The summed E-state index contributed by atoms with van der Waals surface area (Å²) in [5, 5.41) is 0. The molecule has 0 fully saturated rings. The van der Waals surface area contributed by atoms with Gasteiger partial charge in [-0.15, -0.1) is 13.2 Å². The molecule has 1 aromatic carbocycles. The standard InChI is InChI=1S/C14H8F6N2O2/c15-13(16,17)10-6-5-8(12(21)23)11(22-10)7-3-1-2-4-9(7)24-14(18,19)20/h1-6H,(H2,21,23). The van der Waals surface area contributed by atoms with Crippen molar-refractivity contribution in [1.29, 1.82) is 0 Å². The Morgan fingerprint density at radius 2 is 1.62 bits per heavy atom. The number of pyridine rings is 1. The van der Waals surface area contributed by atoms with E-state index in [4.69, 9.17) is 5.73 Å². The number of rotatable bonds is 3. The second-order valence-electron chi connectivity index (χ2n) is 4.50. The number of amides is 1. The van der Waals surface area contributed by atoms with Gasteiger partial charge in [-0.2, -0.15) is 13.2 Å². The van der Waals surface area contributed by atoms with Crippen LogP contribution in [0.15, 0.2) is 36.4 Å². The van der Waals surface area contributed by atoms with Crippen molar-refractivity contribution in [3.8, 4) is 17.0 Å². The fraction of sp³-hybridized carbons (Fsp3) is 0.143. The minimum atomic E-state index is -5.08. The van der Waals surface area contributed by atoms with Crippen molar-refractivity contribution in [3.63, 3.8) is 0 Å². The number of para-hydroxylation sites is 1. The smallest absolute Gasteiger partial charge is 0.405 e. The highest BCUT2D eigenvalue weighted by molar-refractivity contribution is 5.99. The number of hydrogen-bond donors (Lipinski definition) is 1. The summed E-state index contributed by atoms with van der Waals surface area (Å²) in [5.74, 6) is -1.95. The summed E-state index contributed by atoms with van der Waals surface area (Å²) >= 11 is 0. The number of nitrogens with two attached hydrogens (primary N) is 1. The molecule has 2 aromatic rings. The van der Waals surface area contributed by atoms with Crippen molar-refractivity contribution in [2.45, 2.75) is 12.5 Å². The Kier molecular flexibility index (Phi) is 4.41. The fourth-order valence-corrected chi connectivity index (χ4v) is 1.90. The van der Waals surface area contributed by atoms with Gasteiger partial charge >= 0.3 is 12.5 Å². The molecule has 0 saturated heterocycles. The molecule has 0 atom stereocenters. The van der Waals surface area contributed by atoms with E-state index >= 15 is 0 Å². The molecule has 0 spiro atoms.